The Morgan fingerprint density at radius 1 is 0.395 bits per heavy atom. The minimum atomic E-state index is 1.13. The number of hydrogen-bond donors (Lipinski definition) is 0. The second-order valence-electron chi connectivity index (χ2n) is 9.55. The molecule has 38 heavy (non-hydrogen) atoms. The maximum Gasteiger partial charge on any atom is 0.0529 e. The number of rotatable bonds is 5. The monoisotopic (exact) mass is 486 g/mol. The van der Waals surface area contributed by atoms with Crippen molar-refractivity contribution in [1.82, 2.24) is 4.57 Å². The van der Waals surface area contributed by atoms with Crippen molar-refractivity contribution in [3.63, 3.8) is 0 Å². The second kappa shape index (κ2) is 9.42. The lowest BCUT2D eigenvalue weighted by atomic mass is 10.0. The van der Waals surface area contributed by atoms with E-state index in [1.54, 1.807) is 0 Å². The van der Waals surface area contributed by atoms with E-state index in [1.165, 1.54) is 38.5 Å². The van der Waals surface area contributed by atoms with Crippen LogP contribution < -0.4 is 4.90 Å². The molecule has 0 radical (unpaired) electrons. The molecule has 0 aliphatic carbocycles. The Morgan fingerprint density at radius 3 is 1.76 bits per heavy atom. The highest BCUT2D eigenvalue weighted by molar-refractivity contribution is 5.94. The zero-order valence-electron chi connectivity index (χ0n) is 20.9. The Morgan fingerprint density at radius 2 is 1.00 bits per heavy atom. The Labute approximate surface area is 222 Å². The molecule has 2 nitrogen and oxygen atoms in total. The zero-order chi connectivity index (χ0) is 25.3. The number of nitrogens with zero attached hydrogens (tertiary/aromatic N) is 2. The number of hydrogen-bond acceptors (Lipinski definition) is 1. The van der Waals surface area contributed by atoms with E-state index in [4.69, 9.17) is 0 Å². The number of fused-ring (bicyclic) bond motifs is 2. The van der Waals surface area contributed by atoms with Crippen LogP contribution in [0.2, 0.25) is 0 Å². The molecule has 0 amide bonds. The molecule has 0 atom stereocenters. The standard InChI is InChI=1S/C36H26N2/c1-4-10-27(11-5-1)28-16-17-30-25-34(19-18-29(30)24-28)38(33-14-8-3-9-15-33)35-20-21-36-31(26-35)22-23-37(36)32-12-6-2-7-13-32/h1-26H. The molecule has 0 bridgehead atoms. The number of benzene rings is 6. The van der Waals surface area contributed by atoms with Gasteiger partial charge in [-0.1, -0.05) is 84.9 Å². The van der Waals surface area contributed by atoms with Crippen LogP contribution >= 0.6 is 0 Å². The molecular weight excluding hydrogens is 460 g/mol. The predicted molar refractivity (Wildman–Crippen MR) is 161 cm³/mol. The van der Waals surface area contributed by atoms with Gasteiger partial charge in [0.1, 0.15) is 0 Å². The van der Waals surface area contributed by atoms with Gasteiger partial charge in [-0.05, 0) is 88.6 Å². The fourth-order valence-corrected chi connectivity index (χ4v) is 5.29. The van der Waals surface area contributed by atoms with Crippen LogP contribution in [0.4, 0.5) is 17.1 Å². The first-order valence-electron chi connectivity index (χ1n) is 12.9. The first-order valence-corrected chi connectivity index (χ1v) is 12.9. The molecule has 1 heterocycles. The Kier molecular flexibility index (Phi) is 5.49. The van der Waals surface area contributed by atoms with Crippen LogP contribution in [0.3, 0.4) is 0 Å². The largest absolute Gasteiger partial charge is 0.317 e. The van der Waals surface area contributed by atoms with Crippen LogP contribution in [0.5, 0.6) is 0 Å². The van der Waals surface area contributed by atoms with Crippen molar-refractivity contribution in [3.8, 4) is 16.8 Å². The molecule has 180 valence electrons. The summed E-state index contributed by atoms with van der Waals surface area (Å²) < 4.78 is 2.24. The summed E-state index contributed by atoms with van der Waals surface area (Å²) in [7, 11) is 0. The van der Waals surface area contributed by atoms with Crippen molar-refractivity contribution in [2.75, 3.05) is 4.90 Å². The fourth-order valence-electron chi connectivity index (χ4n) is 5.29. The summed E-state index contributed by atoms with van der Waals surface area (Å²) >= 11 is 0. The third-order valence-corrected chi connectivity index (χ3v) is 7.17. The Balaban J connectivity index is 1.33. The molecule has 0 aliphatic rings. The molecule has 0 saturated carbocycles. The van der Waals surface area contributed by atoms with Crippen LogP contribution in [0.25, 0.3) is 38.5 Å². The fraction of sp³-hybridized carbons (Fsp3) is 0. The molecule has 7 rings (SSSR count). The average molecular weight is 487 g/mol. The summed E-state index contributed by atoms with van der Waals surface area (Å²) in [6.45, 7) is 0. The molecule has 7 aromatic rings. The van der Waals surface area contributed by atoms with Crippen LogP contribution in [0, 0.1) is 0 Å². The molecule has 0 saturated heterocycles. The van der Waals surface area contributed by atoms with Gasteiger partial charge in [0.15, 0.2) is 0 Å². The minimum absolute atomic E-state index is 1.13. The van der Waals surface area contributed by atoms with Gasteiger partial charge in [0.05, 0.1) is 5.52 Å². The van der Waals surface area contributed by atoms with Gasteiger partial charge in [-0.3, -0.25) is 0 Å². The quantitative estimate of drug-likeness (QED) is 0.235. The maximum absolute atomic E-state index is 2.34. The summed E-state index contributed by atoms with van der Waals surface area (Å²) in [5.41, 5.74) is 8.24. The second-order valence-corrected chi connectivity index (χ2v) is 9.55. The lowest BCUT2D eigenvalue weighted by Gasteiger charge is -2.26. The lowest BCUT2D eigenvalue weighted by molar-refractivity contribution is 1.13. The van der Waals surface area contributed by atoms with Gasteiger partial charge in [0, 0.05) is 34.3 Å². The number of aromatic nitrogens is 1. The van der Waals surface area contributed by atoms with E-state index in [-0.39, 0.29) is 0 Å². The molecule has 0 N–H and O–H groups in total. The molecule has 6 aromatic carbocycles. The topological polar surface area (TPSA) is 8.17 Å². The third-order valence-electron chi connectivity index (χ3n) is 7.17. The van der Waals surface area contributed by atoms with Crippen LogP contribution in [0.1, 0.15) is 0 Å². The van der Waals surface area contributed by atoms with Gasteiger partial charge in [0.2, 0.25) is 0 Å². The van der Waals surface area contributed by atoms with Crippen molar-refractivity contribution in [2.24, 2.45) is 0 Å². The van der Waals surface area contributed by atoms with Crippen LogP contribution in [0.15, 0.2) is 158 Å². The van der Waals surface area contributed by atoms with E-state index in [0.29, 0.717) is 0 Å². The first-order chi connectivity index (χ1) is 18.8. The summed E-state index contributed by atoms with van der Waals surface area (Å²) in [5.74, 6) is 0. The van der Waals surface area contributed by atoms with E-state index in [0.717, 1.165) is 17.1 Å². The SMILES string of the molecule is c1ccc(-c2ccc3cc(N(c4ccccc4)c4ccc5c(ccn5-c5ccccc5)c4)ccc3c2)cc1. The van der Waals surface area contributed by atoms with Gasteiger partial charge < -0.3 is 9.47 Å². The van der Waals surface area contributed by atoms with E-state index in [9.17, 15) is 0 Å². The highest BCUT2D eigenvalue weighted by Gasteiger charge is 2.15. The minimum Gasteiger partial charge on any atom is -0.317 e. The van der Waals surface area contributed by atoms with Gasteiger partial charge in [-0.15, -0.1) is 0 Å². The van der Waals surface area contributed by atoms with Crippen LogP contribution in [-0.4, -0.2) is 4.57 Å². The first kappa shape index (κ1) is 22.1. The van der Waals surface area contributed by atoms with Crippen molar-refractivity contribution in [3.05, 3.63) is 158 Å². The van der Waals surface area contributed by atoms with E-state index in [1.807, 2.05) is 0 Å². The molecule has 0 unspecified atom stereocenters. The number of anilines is 3. The van der Waals surface area contributed by atoms with E-state index in [2.05, 4.69) is 167 Å². The van der Waals surface area contributed by atoms with Crippen molar-refractivity contribution in [1.29, 1.82) is 0 Å². The third kappa shape index (κ3) is 4.03. The summed E-state index contributed by atoms with van der Waals surface area (Å²) in [4.78, 5) is 2.34. The maximum atomic E-state index is 2.34. The smallest absolute Gasteiger partial charge is 0.0529 e. The molecule has 1 aromatic heterocycles. The molecule has 0 fully saturated rings. The van der Waals surface area contributed by atoms with Gasteiger partial charge in [-0.2, -0.15) is 0 Å². The van der Waals surface area contributed by atoms with E-state index >= 15 is 0 Å². The average Bonchev–Trinajstić information content (AvgIpc) is 3.42. The van der Waals surface area contributed by atoms with Gasteiger partial charge in [-0.25, -0.2) is 0 Å². The number of para-hydroxylation sites is 2. The highest BCUT2D eigenvalue weighted by Crippen LogP contribution is 2.38. The highest BCUT2D eigenvalue weighted by atomic mass is 15.1. The molecule has 0 spiro atoms. The summed E-state index contributed by atoms with van der Waals surface area (Å²) in [6, 6.07) is 54.0. The van der Waals surface area contributed by atoms with Crippen molar-refractivity contribution >= 4 is 38.7 Å². The van der Waals surface area contributed by atoms with Crippen molar-refractivity contribution < 1.29 is 0 Å². The van der Waals surface area contributed by atoms with E-state index < -0.39 is 0 Å². The lowest BCUT2D eigenvalue weighted by Crippen LogP contribution is -2.09. The Bertz CT molecular complexity index is 1850. The van der Waals surface area contributed by atoms with Crippen molar-refractivity contribution in [2.45, 2.75) is 0 Å². The molecular formula is C36H26N2. The molecule has 0 aliphatic heterocycles. The predicted octanol–water partition coefficient (Wildman–Crippen LogP) is 9.92. The Hall–Kier alpha value is -5.08. The molecule has 2 heteroatoms. The zero-order valence-corrected chi connectivity index (χ0v) is 20.9. The summed E-state index contributed by atoms with van der Waals surface area (Å²) in [5, 5.41) is 3.67. The van der Waals surface area contributed by atoms with Gasteiger partial charge in [0.25, 0.3) is 0 Å². The normalized spacial score (nSPS) is 11.2. The van der Waals surface area contributed by atoms with Gasteiger partial charge >= 0.3 is 0 Å². The van der Waals surface area contributed by atoms with Crippen LogP contribution in [-0.2, 0) is 0 Å². The summed E-state index contributed by atoms with van der Waals surface area (Å²) in [6.07, 6.45) is 2.15.